The summed E-state index contributed by atoms with van der Waals surface area (Å²) in [6, 6.07) is 14.6. The van der Waals surface area contributed by atoms with E-state index in [-0.39, 0.29) is 18.2 Å². The number of carbonyl (C=O) groups is 3. The number of aryl methyl sites for hydroxylation is 1. The monoisotopic (exact) mass is 429 g/mol. The second-order valence-electron chi connectivity index (χ2n) is 6.38. The van der Waals surface area contributed by atoms with Crippen molar-refractivity contribution >= 4 is 39.3 Å². The Balaban J connectivity index is 1.57. The predicted octanol–water partition coefficient (Wildman–Crippen LogP) is 2.83. The molecule has 2 aromatic rings. The molecule has 1 aliphatic heterocycles. The fraction of sp³-hybridized carbons (Fsp3) is 0.250. The van der Waals surface area contributed by atoms with E-state index in [1.54, 1.807) is 29.2 Å². The Kier molecular flexibility index (Phi) is 5.91. The average Bonchev–Trinajstić information content (AvgIpc) is 3.07. The van der Waals surface area contributed by atoms with Crippen LogP contribution in [-0.4, -0.2) is 24.3 Å². The van der Waals surface area contributed by atoms with Gasteiger partial charge >= 0.3 is 0 Å². The first-order valence-electron chi connectivity index (χ1n) is 8.73. The van der Waals surface area contributed by atoms with Crippen LogP contribution in [-0.2, 0) is 16.0 Å². The topological polar surface area (TPSA) is 78.5 Å². The number of nitrogens with zero attached hydrogens (tertiary/aromatic N) is 1. The summed E-state index contributed by atoms with van der Waals surface area (Å²) < 4.78 is 0.771. The van der Waals surface area contributed by atoms with Crippen molar-refractivity contribution in [3.63, 3.8) is 0 Å². The molecule has 140 valence electrons. The van der Waals surface area contributed by atoms with E-state index in [2.05, 4.69) is 33.7 Å². The summed E-state index contributed by atoms with van der Waals surface area (Å²) in [5, 5.41) is 0. The lowest BCUT2D eigenvalue weighted by Crippen LogP contribution is -2.45. The third-order valence-corrected chi connectivity index (χ3v) is 5.03. The zero-order valence-electron chi connectivity index (χ0n) is 14.9. The summed E-state index contributed by atoms with van der Waals surface area (Å²) in [5.41, 5.74) is 7.21. The third kappa shape index (κ3) is 4.54. The van der Waals surface area contributed by atoms with Crippen molar-refractivity contribution in [3.05, 3.63) is 64.1 Å². The maximum absolute atomic E-state index is 12.4. The zero-order valence-corrected chi connectivity index (χ0v) is 16.5. The number of hydrogen-bond donors (Lipinski definition) is 2. The molecule has 1 aliphatic rings. The van der Waals surface area contributed by atoms with Crippen LogP contribution in [0.5, 0.6) is 0 Å². The Hall–Kier alpha value is -2.67. The predicted molar refractivity (Wildman–Crippen MR) is 106 cm³/mol. The van der Waals surface area contributed by atoms with E-state index in [1.807, 2.05) is 24.3 Å². The van der Waals surface area contributed by atoms with Crippen LogP contribution < -0.4 is 15.8 Å². The molecule has 2 aromatic carbocycles. The van der Waals surface area contributed by atoms with Gasteiger partial charge in [-0.2, -0.15) is 0 Å². The Morgan fingerprint density at radius 2 is 1.89 bits per heavy atom. The lowest BCUT2D eigenvalue weighted by molar-refractivity contribution is -0.126. The number of halogens is 1. The number of benzene rings is 2. The highest BCUT2D eigenvalue weighted by atomic mass is 79.9. The van der Waals surface area contributed by atoms with E-state index in [0.29, 0.717) is 12.1 Å². The average molecular weight is 430 g/mol. The second-order valence-corrected chi connectivity index (χ2v) is 7.29. The minimum absolute atomic E-state index is 0.0993. The van der Waals surface area contributed by atoms with Gasteiger partial charge in [-0.1, -0.05) is 41.1 Å². The number of nitrogens with one attached hydrogen (secondary N) is 2. The molecule has 3 rings (SSSR count). The van der Waals surface area contributed by atoms with Crippen LogP contribution in [0.25, 0.3) is 0 Å². The molecule has 0 unspecified atom stereocenters. The Labute approximate surface area is 166 Å². The molecule has 7 heteroatoms. The van der Waals surface area contributed by atoms with Crippen molar-refractivity contribution in [3.8, 4) is 0 Å². The lowest BCUT2D eigenvalue weighted by atomic mass is 10.1. The standard InChI is InChI=1S/C20H20BrN3O3/c1-2-13-6-8-17(9-7-13)24-12-15(11-18(24)25)20(27)23-22-19(26)14-4-3-5-16(21)10-14/h3-10,15H,2,11-12H2,1H3,(H,22,26)(H,23,27)/t15-/m0/s1. The summed E-state index contributed by atoms with van der Waals surface area (Å²) in [7, 11) is 0. The fourth-order valence-electron chi connectivity index (χ4n) is 2.97. The molecule has 1 heterocycles. The SMILES string of the molecule is CCc1ccc(N2C[C@@H](C(=O)NNC(=O)c3cccc(Br)c3)CC2=O)cc1. The quantitative estimate of drug-likeness (QED) is 0.733. The lowest BCUT2D eigenvalue weighted by Gasteiger charge is -2.17. The Morgan fingerprint density at radius 1 is 1.15 bits per heavy atom. The summed E-state index contributed by atoms with van der Waals surface area (Å²) >= 11 is 3.30. The van der Waals surface area contributed by atoms with Gasteiger partial charge in [0, 0.05) is 28.7 Å². The van der Waals surface area contributed by atoms with Gasteiger partial charge in [0.25, 0.3) is 5.91 Å². The van der Waals surface area contributed by atoms with Crippen LogP contribution in [0.1, 0.15) is 29.3 Å². The fourth-order valence-corrected chi connectivity index (χ4v) is 3.37. The first-order chi connectivity index (χ1) is 13.0. The Bertz CT molecular complexity index is 867. The highest BCUT2D eigenvalue weighted by Crippen LogP contribution is 2.25. The van der Waals surface area contributed by atoms with E-state index in [9.17, 15) is 14.4 Å². The molecule has 0 aromatic heterocycles. The molecule has 0 radical (unpaired) electrons. The van der Waals surface area contributed by atoms with E-state index in [1.165, 1.54) is 5.56 Å². The number of anilines is 1. The molecule has 1 saturated heterocycles. The van der Waals surface area contributed by atoms with E-state index < -0.39 is 11.8 Å². The normalized spacial score (nSPS) is 16.3. The van der Waals surface area contributed by atoms with Gasteiger partial charge < -0.3 is 4.90 Å². The van der Waals surface area contributed by atoms with Crippen molar-refractivity contribution in [2.45, 2.75) is 19.8 Å². The molecule has 1 fully saturated rings. The number of hydrogen-bond acceptors (Lipinski definition) is 3. The van der Waals surface area contributed by atoms with Crippen molar-refractivity contribution < 1.29 is 14.4 Å². The van der Waals surface area contributed by atoms with Gasteiger partial charge in [-0.3, -0.25) is 25.2 Å². The first-order valence-corrected chi connectivity index (χ1v) is 9.52. The van der Waals surface area contributed by atoms with Crippen molar-refractivity contribution in [1.29, 1.82) is 0 Å². The highest BCUT2D eigenvalue weighted by molar-refractivity contribution is 9.10. The molecule has 2 N–H and O–H groups in total. The third-order valence-electron chi connectivity index (χ3n) is 4.54. The molecule has 0 bridgehead atoms. The summed E-state index contributed by atoms with van der Waals surface area (Å²) in [5.74, 6) is -1.40. The maximum Gasteiger partial charge on any atom is 0.269 e. The van der Waals surface area contributed by atoms with E-state index >= 15 is 0 Å². The van der Waals surface area contributed by atoms with Gasteiger partial charge in [0.1, 0.15) is 0 Å². The maximum atomic E-state index is 12.4. The van der Waals surface area contributed by atoms with Gasteiger partial charge in [-0.05, 0) is 42.3 Å². The molecule has 0 aliphatic carbocycles. The van der Waals surface area contributed by atoms with Crippen LogP contribution in [0.3, 0.4) is 0 Å². The molecular weight excluding hydrogens is 410 g/mol. The smallest absolute Gasteiger partial charge is 0.269 e. The second kappa shape index (κ2) is 8.35. The van der Waals surface area contributed by atoms with Crippen molar-refractivity contribution in [2.24, 2.45) is 5.92 Å². The van der Waals surface area contributed by atoms with Crippen LogP contribution in [0.4, 0.5) is 5.69 Å². The first kappa shape index (κ1) is 19.1. The molecule has 6 nitrogen and oxygen atoms in total. The molecule has 0 spiro atoms. The van der Waals surface area contributed by atoms with Gasteiger partial charge in [0.15, 0.2) is 0 Å². The summed E-state index contributed by atoms with van der Waals surface area (Å²) in [4.78, 5) is 38.4. The summed E-state index contributed by atoms with van der Waals surface area (Å²) in [6.07, 6.45) is 1.05. The number of amides is 3. The van der Waals surface area contributed by atoms with Crippen LogP contribution >= 0.6 is 15.9 Å². The van der Waals surface area contributed by atoms with Crippen LogP contribution in [0, 0.1) is 5.92 Å². The molecular formula is C20H20BrN3O3. The van der Waals surface area contributed by atoms with Crippen LogP contribution in [0.2, 0.25) is 0 Å². The van der Waals surface area contributed by atoms with E-state index in [0.717, 1.165) is 16.6 Å². The number of rotatable bonds is 4. The minimum atomic E-state index is -0.508. The largest absolute Gasteiger partial charge is 0.312 e. The highest BCUT2D eigenvalue weighted by Gasteiger charge is 2.35. The van der Waals surface area contributed by atoms with Crippen molar-refractivity contribution in [2.75, 3.05) is 11.4 Å². The number of carbonyl (C=O) groups excluding carboxylic acids is 3. The minimum Gasteiger partial charge on any atom is -0.312 e. The molecule has 1 atom stereocenters. The van der Waals surface area contributed by atoms with Gasteiger partial charge in [-0.15, -0.1) is 0 Å². The Morgan fingerprint density at radius 3 is 2.56 bits per heavy atom. The van der Waals surface area contributed by atoms with Gasteiger partial charge in [0.2, 0.25) is 11.8 Å². The van der Waals surface area contributed by atoms with Crippen molar-refractivity contribution in [1.82, 2.24) is 10.9 Å². The van der Waals surface area contributed by atoms with E-state index in [4.69, 9.17) is 0 Å². The molecule has 27 heavy (non-hydrogen) atoms. The summed E-state index contributed by atoms with van der Waals surface area (Å²) in [6.45, 7) is 2.36. The zero-order chi connectivity index (χ0) is 19.4. The van der Waals surface area contributed by atoms with Gasteiger partial charge in [0.05, 0.1) is 5.92 Å². The number of hydrazine groups is 1. The van der Waals surface area contributed by atoms with Crippen LogP contribution in [0.15, 0.2) is 53.0 Å². The molecule has 3 amide bonds. The molecule has 0 saturated carbocycles. The van der Waals surface area contributed by atoms with Gasteiger partial charge in [-0.25, -0.2) is 0 Å².